The molecule has 6 nitrogen and oxygen atoms in total. The van der Waals surface area contributed by atoms with Crippen LogP contribution in [-0.4, -0.2) is 22.7 Å². The van der Waals surface area contributed by atoms with Crippen molar-refractivity contribution >= 4 is 28.6 Å². The van der Waals surface area contributed by atoms with Gasteiger partial charge in [-0.2, -0.15) is 0 Å². The highest BCUT2D eigenvalue weighted by Gasteiger charge is 2.15. The smallest absolute Gasteiger partial charge is 0.248 e. The summed E-state index contributed by atoms with van der Waals surface area (Å²) >= 11 is 0. The second-order valence-corrected chi connectivity index (χ2v) is 5.15. The lowest BCUT2D eigenvalue weighted by molar-refractivity contribution is -0.111. The van der Waals surface area contributed by atoms with E-state index in [2.05, 4.69) is 15.3 Å². The number of anilines is 1. The number of benzene rings is 1. The summed E-state index contributed by atoms with van der Waals surface area (Å²) in [5.74, 6) is 1.09. The van der Waals surface area contributed by atoms with Crippen molar-refractivity contribution in [1.82, 2.24) is 9.97 Å². The first-order chi connectivity index (χ1) is 11.8. The van der Waals surface area contributed by atoms with Crippen LogP contribution in [0.1, 0.15) is 5.56 Å². The molecule has 1 N–H and O–H groups in total. The predicted octanol–water partition coefficient (Wildman–Crippen LogP) is 3.01. The van der Waals surface area contributed by atoms with E-state index in [4.69, 9.17) is 9.47 Å². The molecule has 0 bridgehead atoms. The number of para-hydroxylation sites is 1. The molecule has 2 aromatic heterocycles. The van der Waals surface area contributed by atoms with Crippen LogP contribution < -0.4 is 14.8 Å². The third kappa shape index (κ3) is 2.65. The molecule has 0 spiro atoms. The summed E-state index contributed by atoms with van der Waals surface area (Å²) in [6, 6.07) is 9.09. The van der Waals surface area contributed by atoms with Gasteiger partial charge in [0.05, 0.1) is 11.2 Å². The molecule has 0 atom stereocenters. The molecule has 0 fully saturated rings. The standard InChI is InChI=1S/C18H13N3O3/c22-17(5-4-12-2-1-3-16-18(12)24-11-23-16)21-15-7-9-20-14-6-8-19-10-13(14)15/h1-10H,11H2,(H,20,21,22)/b5-4+. The van der Waals surface area contributed by atoms with E-state index in [1.807, 2.05) is 18.2 Å². The fraction of sp³-hybridized carbons (Fsp3) is 0.0556. The SMILES string of the molecule is O=C(/C=C/c1cccc2c1OCO2)Nc1ccnc2ccncc12. The van der Waals surface area contributed by atoms with E-state index in [-0.39, 0.29) is 12.7 Å². The van der Waals surface area contributed by atoms with E-state index < -0.39 is 0 Å². The van der Waals surface area contributed by atoms with Crippen molar-refractivity contribution in [3.05, 3.63) is 60.6 Å². The van der Waals surface area contributed by atoms with Gasteiger partial charge in [-0.25, -0.2) is 0 Å². The maximum absolute atomic E-state index is 12.2. The van der Waals surface area contributed by atoms with Crippen molar-refractivity contribution in [3.63, 3.8) is 0 Å². The van der Waals surface area contributed by atoms with Crippen molar-refractivity contribution in [2.45, 2.75) is 0 Å². The zero-order valence-electron chi connectivity index (χ0n) is 12.6. The van der Waals surface area contributed by atoms with Crippen molar-refractivity contribution in [2.24, 2.45) is 0 Å². The Morgan fingerprint density at radius 3 is 3.08 bits per heavy atom. The molecule has 0 saturated carbocycles. The van der Waals surface area contributed by atoms with Crippen molar-refractivity contribution < 1.29 is 14.3 Å². The maximum atomic E-state index is 12.2. The van der Waals surface area contributed by atoms with Gasteiger partial charge in [0.1, 0.15) is 0 Å². The van der Waals surface area contributed by atoms with E-state index in [0.29, 0.717) is 17.2 Å². The number of aromatic nitrogens is 2. The predicted molar refractivity (Wildman–Crippen MR) is 89.8 cm³/mol. The number of carbonyl (C=O) groups is 1. The molecular formula is C18H13N3O3. The van der Waals surface area contributed by atoms with Crippen LogP contribution >= 0.6 is 0 Å². The molecule has 1 aliphatic heterocycles. The number of rotatable bonds is 3. The minimum atomic E-state index is -0.247. The van der Waals surface area contributed by atoms with Gasteiger partial charge in [-0.3, -0.25) is 14.8 Å². The van der Waals surface area contributed by atoms with Crippen molar-refractivity contribution in [3.8, 4) is 11.5 Å². The normalized spacial score (nSPS) is 12.7. The Labute approximate surface area is 137 Å². The average Bonchev–Trinajstić information content (AvgIpc) is 3.09. The number of ether oxygens (including phenoxy) is 2. The monoisotopic (exact) mass is 319 g/mol. The Balaban J connectivity index is 1.56. The molecule has 0 unspecified atom stereocenters. The van der Waals surface area contributed by atoms with Gasteiger partial charge < -0.3 is 14.8 Å². The van der Waals surface area contributed by atoms with Crippen molar-refractivity contribution in [2.75, 3.05) is 12.1 Å². The van der Waals surface area contributed by atoms with E-state index in [1.165, 1.54) is 6.08 Å². The number of nitrogens with zero attached hydrogens (tertiary/aromatic N) is 2. The van der Waals surface area contributed by atoms with Crippen LogP contribution in [0, 0.1) is 0 Å². The van der Waals surface area contributed by atoms with Gasteiger partial charge in [-0.05, 0) is 24.3 Å². The first kappa shape index (κ1) is 14.2. The highest BCUT2D eigenvalue weighted by atomic mass is 16.7. The molecule has 0 aliphatic carbocycles. The fourth-order valence-electron chi connectivity index (χ4n) is 2.52. The number of amides is 1. The summed E-state index contributed by atoms with van der Waals surface area (Å²) < 4.78 is 10.7. The Morgan fingerprint density at radius 1 is 1.17 bits per heavy atom. The van der Waals surface area contributed by atoms with E-state index in [1.54, 1.807) is 36.8 Å². The highest BCUT2D eigenvalue weighted by Crippen LogP contribution is 2.35. The molecule has 4 rings (SSSR count). The molecule has 24 heavy (non-hydrogen) atoms. The summed E-state index contributed by atoms with van der Waals surface area (Å²) in [6.45, 7) is 0.197. The summed E-state index contributed by atoms with van der Waals surface area (Å²) in [7, 11) is 0. The van der Waals surface area contributed by atoms with Gasteiger partial charge in [-0.15, -0.1) is 0 Å². The van der Waals surface area contributed by atoms with Crippen LogP contribution in [0.5, 0.6) is 11.5 Å². The van der Waals surface area contributed by atoms with Gasteiger partial charge >= 0.3 is 0 Å². The van der Waals surface area contributed by atoms with Crippen LogP contribution in [-0.2, 0) is 4.79 Å². The number of fused-ring (bicyclic) bond motifs is 2. The van der Waals surface area contributed by atoms with E-state index in [0.717, 1.165) is 16.5 Å². The lowest BCUT2D eigenvalue weighted by Gasteiger charge is -2.06. The lowest BCUT2D eigenvalue weighted by Crippen LogP contribution is -2.08. The molecule has 1 aliphatic rings. The largest absolute Gasteiger partial charge is 0.454 e. The number of nitrogens with one attached hydrogen (secondary N) is 1. The Morgan fingerprint density at radius 2 is 2.12 bits per heavy atom. The van der Waals surface area contributed by atoms with Crippen LogP contribution in [0.4, 0.5) is 5.69 Å². The van der Waals surface area contributed by atoms with Crippen LogP contribution in [0.15, 0.2) is 55.0 Å². The van der Waals surface area contributed by atoms with E-state index >= 15 is 0 Å². The minimum Gasteiger partial charge on any atom is -0.454 e. The topological polar surface area (TPSA) is 73.3 Å². The van der Waals surface area contributed by atoms with Crippen LogP contribution in [0.3, 0.4) is 0 Å². The number of hydrogen-bond acceptors (Lipinski definition) is 5. The summed E-state index contributed by atoms with van der Waals surface area (Å²) in [5.41, 5.74) is 2.24. The quantitative estimate of drug-likeness (QED) is 0.751. The highest BCUT2D eigenvalue weighted by molar-refractivity contribution is 6.06. The lowest BCUT2D eigenvalue weighted by atomic mass is 10.1. The van der Waals surface area contributed by atoms with Gasteiger partial charge in [0, 0.05) is 35.6 Å². The number of pyridine rings is 2. The second-order valence-electron chi connectivity index (χ2n) is 5.15. The third-order valence-corrected chi connectivity index (χ3v) is 3.64. The Hall–Kier alpha value is -3.41. The average molecular weight is 319 g/mol. The molecular weight excluding hydrogens is 306 g/mol. The van der Waals surface area contributed by atoms with Crippen LogP contribution in [0.25, 0.3) is 17.0 Å². The molecule has 118 valence electrons. The summed E-state index contributed by atoms with van der Waals surface area (Å²) in [6.07, 6.45) is 8.15. The molecule has 1 amide bonds. The second kappa shape index (κ2) is 6.00. The Kier molecular flexibility index (Phi) is 3.55. The summed E-state index contributed by atoms with van der Waals surface area (Å²) in [4.78, 5) is 20.5. The summed E-state index contributed by atoms with van der Waals surface area (Å²) in [5, 5.41) is 3.64. The molecule has 1 aromatic carbocycles. The Bertz CT molecular complexity index is 948. The number of carbonyl (C=O) groups excluding carboxylic acids is 1. The van der Waals surface area contributed by atoms with E-state index in [9.17, 15) is 4.79 Å². The zero-order valence-corrected chi connectivity index (χ0v) is 12.6. The maximum Gasteiger partial charge on any atom is 0.248 e. The molecule has 0 radical (unpaired) electrons. The molecule has 3 aromatic rings. The first-order valence-corrected chi connectivity index (χ1v) is 7.38. The molecule has 0 saturated heterocycles. The minimum absolute atomic E-state index is 0.197. The van der Waals surface area contributed by atoms with Gasteiger partial charge in [0.2, 0.25) is 12.7 Å². The van der Waals surface area contributed by atoms with Crippen molar-refractivity contribution in [1.29, 1.82) is 0 Å². The number of hydrogen-bond donors (Lipinski definition) is 1. The molecule has 6 heteroatoms. The first-order valence-electron chi connectivity index (χ1n) is 7.38. The van der Waals surface area contributed by atoms with Crippen LogP contribution in [0.2, 0.25) is 0 Å². The van der Waals surface area contributed by atoms with Gasteiger partial charge in [0.15, 0.2) is 11.5 Å². The molecule has 3 heterocycles. The van der Waals surface area contributed by atoms with Gasteiger partial charge in [0.25, 0.3) is 0 Å². The fourth-order valence-corrected chi connectivity index (χ4v) is 2.52. The zero-order chi connectivity index (χ0) is 16.4. The van der Waals surface area contributed by atoms with Gasteiger partial charge in [-0.1, -0.05) is 12.1 Å². The third-order valence-electron chi connectivity index (χ3n) is 3.64.